The molecule has 2 nitrogen and oxygen atoms in total. The molecule has 1 saturated carbocycles. The minimum absolute atomic E-state index is 0.116. The van der Waals surface area contributed by atoms with E-state index in [1.54, 1.807) is 6.07 Å². The Balaban J connectivity index is 1.62. The topological polar surface area (TPSA) is 25.8 Å². The Bertz CT molecular complexity index is 719. The average Bonchev–Trinajstić information content (AvgIpc) is 2.65. The summed E-state index contributed by atoms with van der Waals surface area (Å²) < 4.78 is 13.6. The smallest absolute Gasteiger partial charge is 0.159 e. The van der Waals surface area contributed by atoms with Gasteiger partial charge in [0.2, 0.25) is 0 Å². The van der Waals surface area contributed by atoms with Crippen LogP contribution in [0.4, 0.5) is 4.39 Å². The van der Waals surface area contributed by atoms with Gasteiger partial charge in [0.05, 0.1) is 5.02 Å². The molecule has 0 amide bonds. The van der Waals surface area contributed by atoms with E-state index in [9.17, 15) is 4.39 Å². The van der Waals surface area contributed by atoms with Crippen molar-refractivity contribution in [3.8, 4) is 11.4 Å². The van der Waals surface area contributed by atoms with Gasteiger partial charge >= 0.3 is 0 Å². The summed E-state index contributed by atoms with van der Waals surface area (Å²) in [5, 5.41) is 0.116. The third-order valence-corrected chi connectivity index (χ3v) is 5.26. The van der Waals surface area contributed by atoms with Gasteiger partial charge in [-0.2, -0.15) is 0 Å². The lowest BCUT2D eigenvalue weighted by molar-refractivity contribution is 0.374. The van der Waals surface area contributed by atoms with Crippen LogP contribution < -0.4 is 0 Å². The number of aromatic nitrogens is 2. The molecule has 1 heterocycles. The van der Waals surface area contributed by atoms with Crippen molar-refractivity contribution >= 4 is 11.6 Å². The summed E-state index contributed by atoms with van der Waals surface area (Å²) >= 11 is 5.73. The Morgan fingerprint density at radius 1 is 1.16 bits per heavy atom. The minimum Gasteiger partial charge on any atom is -0.236 e. The maximum absolute atomic E-state index is 13.6. The first kappa shape index (κ1) is 18.1. The Labute approximate surface area is 154 Å². The number of hydrogen-bond acceptors (Lipinski definition) is 2. The van der Waals surface area contributed by atoms with Gasteiger partial charge in [-0.3, -0.25) is 0 Å². The molecule has 0 N–H and O–H groups in total. The molecule has 25 heavy (non-hydrogen) atoms. The second-order valence-corrected chi connectivity index (χ2v) is 7.20. The van der Waals surface area contributed by atoms with Gasteiger partial charge in [-0.1, -0.05) is 37.1 Å². The molecule has 0 atom stereocenters. The van der Waals surface area contributed by atoms with Gasteiger partial charge in [-0.25, -0.2) is 14.4 Å². The van der Waals surface area contributed by atoms with E-state index in [1.165, 1.54) is 56.2 Å². The van der Waals surface area contributed by atoms with Crippen molar-refractivity contribution in [2.45, 2.75) is 51.4 Å². The van der Waals surface area contributed by atoms with Crippen LogP contribution in [0.3, 0.4) is 0 Å². The third-order valence-electron chi connectivity index (χ3n) is 4.96. The van der Waals surface area contributed by atoms with Gasteiger partial charge in [0.15, 0.2) is 5.82 Å². The lowest BCUT2D eigenvalue weighted by Crippen LogP contribution is -2.12. The lowest BCUT2D eigenvalue weighted by Gasteiger charge is -2.26. The summed E-state index contributed by atoms with van der Waals surface area (Å²) in [4.78, 5) is 8.88. The molecule has 132 valence electrons. The molecule has 0 saturated heterocycles. The molecular formula is C21H24ClFN2. The number of halogens is 2. The van der Waals surface area contributed by atoms with E-state index in [0.29, 0.717) is 17.3 Å². The van der Waals surface area contributed by atoms with Crippen LogP contribution in [0.25, 0.3) is 11.4 Å². The zero-order valence-corrected chi connectivity index (χ0v) is 15.3. The summed E-state index contributed by atoms with van der Waals surface area (Å²) in [6, 6.07) is 4.66. The van der Waals surface area contributed by atoms with Gasteiger partial charge in [0, 0.05) is 18.0 Å². The maximum Gasteiger partial charge on any atom is 0.159 e. The van der Waals surface area contributed by atoms with Crippen molar-refractivity contribution in [3.05, 3.63) is 59.1 Å². The van der Waals surface area contributed by atoms with E-state index in [1.807, 2.05) is 12.4 Å². The molecule has 1 aromatic heterocycles. The quantitative estimate of drug-likeness (QED) is 0.565. The molecule has 1 aromatic carbocycles. The van der Waals surface area contributed by atoms with Crippen LogP contribution in [0.2, 0.25) is 5.02 Å². The summed E-state index contributed by atoms with van der Waals surface area (Å²) in [6.07, 6.45) is 15.7. The third kappa shape index (κ3) is 4.66. The SMILES string of the molecule is CCCC=C[C@H]1CC[C@H](c2cnc(-c3ccc(Cl)c(F)c3)nc2)CC1. The van der Waals surface area contributed by atoms with Crippen LogP contribution in [0.15, 0.2) is 42.7 Å². The monoisotopic (exact) mass is 358 g/mol. The van der Waals surface area contributed by atoms with E-state index < -0.39 is 5.82 Å². The standard InChI is InChI=1S/C21H24ClFN2/c1-2-3-4-5-15-6-8-16(9-7-15)18-13-24-21(25-14-18)17-10-11-19(22)20(23)12-17/h4-5,10-16H,2-3,6-9H2,1H3/t15-,16-. The molecule has 2 aromatic rings. The molecule has 0 unspecified atom stereocenters. The van der Waals surface area contributed by atoms with Crippen LogP contribution in [0.1, 0.15) is 56.9 Å². The van der Waals surface area contributed by atoms with E-state index in [2.05, 4.69) is 29.0 Å². The number of unbranched alkanes of at least 4 members (excludes halogenated alkanes) is 1. The van der Waals surface area contributed by atoms with Gasteiger partial charge in [0.1, 0.15) is 5.82 Å². The first-order chi connectivity index (χ1) is 12.2. The summed E-state index contributed by atoms with van der Waals surface area (Å²) in [5.74, 6) is 1.35. The van der Waals surface area contributed by atoms with E-state index >= 15 is 0 Å². The number of benzene rings is 1. The lowest BCUT2D eigenvalue weighted by atomic mass is 9.79. The highest BCUT2D eigenvalue weighted by molar-refractivity contribution is 6.30. The Hall–Kier alpha value is -1.74. The van der Waals surface area contributed by atoms with Crippen molar-refractivity contribution in [2.24, 2.45) is 5.92 Å². The van der Waals surface area contributed by atoms with Crippen LogP contribution in [-0.4, -0.2) is 9.97 Å². The van der Waals surface area contributed by atoms with Crippen molar-refractivity contribution < 1.29 is 4.39 Å². The first-order valence-corrected chi connectivity index (χ1v) is 9.49. The maximum atomic E-state index is 13.6. The van der Waals surface area contributed by atoms with E-state index in [-0.39, 0.29) is 5.02 Å². The fraction of sp³-hybridized carbons (Fsp3) is 0.429. The highest BCUT2D eigenvalue weighted by Crippen LogP contribution is 2.36. The molecule has 1 fully saturated rings. The van der Waals surface area contributed by atoms with E-state index in [4.69, 9.17) is 11.6 Å². The van der Waals surface area contributed by atoms with Crippen LogP contribution >= 0.6 is 11.6 Å². The van der Waals surface area contributed by atoms with Crippen molar-refractivity contribution in [1.82, 2.24) is 9.97 Å². The number of allylic oxidation sites excluding steroid dienone is 2. The first-order valence-electron chi connectivity index (χ1n) is 9.11. The molecule has 1 aliphatic carbocycles. The number of rotatable bonds is 5. The fourth-order valence-electron chi connectivity index (χ4n) is 3.43. The van der Waals surface area contributed by atoms with Crippen LogP contribution in [0.5, 0.6) is 0 Å². The van der Waals surface area contributed by atoms with Crippen molar-refractivity contribution in [3.63, 3.8) is 0 Å². The largest absolute Gasteiger partial charge is 0.236 e. The molecule has 0 bridgehead atoms. The number of nitrogens with zero attached hydrogens (tertiary/aromatic N) is 2. The second kappa shape index (κ2) is 8.57. The van der Waals surface area contributed by atoms with Crippen LogP contribution in [-0.2, 0) is 0 Å². The molecule has 1 aliphatic rings. The summed E-state index contributed by atoms with van der Waals surface area (Å²) in [7, 11) is 0. The Morgan fingerprint density at radius 3 is 2.52 bits per heavy atom. The highest BCUT2D eigenvalue weighted by Gasteiger charge is 2.21. The predicted octanol–water partition coefficient (Wildman–Crippen LogP) is 6.57. The number of hydrogen-bond donors (Lipinski definition) is 0. The Morgan fingerprint density at radius 2 is 1.88 bits per heavy atom. The summed E-state index contributed by atoms with van der Waals surface area (Å²) in [6.45, 7) is 2.21. The second-order valence-electron chi connectivity index (χ2n) is 6.80. The Kier molecular flexibility index (Phi) is 6.19. The zero-order valence-electron chi connectivity index (χ0n) is 14.6. The summed E-state index contributed by atoms with van der Waals surface area (Å²) in [5.41, 5.74) is 1.84. The predicted molar refractivity (Wildman–Crippen MR) is 101 cm³/mol. The van der Waals surface area contributed by atoms with Crippen molar-refractivity contribution in [2.75, 3.05) is 0 Å². The average molecular weight is 359 g/mol. The van der Waals surface area contributed by atoms with Crippen molar-refractivity contribution in [1.29, 1.82) is 0 Å². The molecule has 0 spiro atoms. The zero-order chi connectivity index (χ0) is 17.6. The molecule has 0 radical (unpaired) electrons. The molecular weight excluding hydrogens is 335 g/mol. The molecule has 0 aliphatic heterocycles. The molecule has 4 heteroatoms. The van der Waals surface area contributed by atoms with Gasteiger partial charge in [0.25, 0.3) is 0 Å². The van der Waals surface area contributed by atoms with Gasteiger partial charge in [-0.15, -0.1) is 0 Å². The van der Waals surface area contributed by atoms with Crippen LogP contribution in [0, 0.1) is 11.7 Å². The highest BCUT2D eigenvalue weighted by atomic mass is 35.5. The van der Waals surface area contributed by atoms with Gasteiger partial charge in [-0.05, 0) is 67.7 Å². The normalized spacial score (nSPS) is 20.9. The molecule has 3 rings (SSSR count). The fourth-order valence-corrected chi connectivity index (χ4v) is 3.55. The van der Waals surface area contributed by atoms with Gasteiger partial charge < -0.3 is 0 Å². The van der Waals surface area contributed by atoms with E-state index in [0.717, 1.165) is 5.92 Å². The minimum atomic E-state index is -0.443.